The van der Waals surface area contributed by atoms with E-state index in [1.807, 2.05) is 24.3 Å². The summed E-state index contributed by atoms with van der Waals surface area (Å²) in [5.74, 6) is -2.76. The fourth-order valence-electron chi connectivity index (χ4n) is 6.24. The quantitative estimate of drug-likeness (QED) is 0.0474. The van der Waals surface area contributed by atoms with Crippen molar-refractivity contribution in [2.24, 2.45) is 0 Å². The van der Waals surface area contributed by atoms with E-state index in [1.54, 1.807) is 0 Å². The molecule has 0 aromatic heterocycles. The molecule has 1 aromatic rings. The van der Waals surface area contributed by atoms with Crippen molar-refractivity contribution in [1.29, 1.82) is 0 Å². The number of aliphatic carboxylic acids is 2. The number of amides is 3. The van der Waals surface area contributed by atoms with E-state index in [1.165, 1.54) is 50.5 Å². The number of rotatable bonds is 42. The van der Waals surface area contributed by atoms with Gasteiger partial charge in [0.2, 0.25) is 17.7 Å². The molecule has 60 heavy (non-hydrogen) atoms. The Morgan fingerprint density at radius 3 is 1.53 bits per heavy atom. The van der Waals surface area contributed by atoms with Crippen LogP contribution < -0.4 is 16.0 Å². The van der Waals surface area contributed by atoms with Crippen molar-refractivity contribution in [3.05, 3.63) is 35.4 Å². The number of unbranched alkanes of at least 4 members (excludes halogenated alkanes) is 13. The first kappa shape index (κ1) is 54.1. The summed E-state index contributed by atoms with van der Waals surface area (Å²) >= 11 is 0. The second-order valence-electron chi connectivity index (χ2n) is 15.1. The van der Waals surface area contributed by atoms with E-state index < -0.39 is 18.0 Å². The summed E-state index contributed by atoms with van der Waals surface area (Å²) in [5, 5.41) is 26.2. The van der Waals surface area contributed by atoms with Crippen LogP contribution in [0.4, 0.5) is 0 Å². The molecule has 1 rings (SSSR count). The predicted molar refractivity (Wildman–Crippen MR) is 229 cm³/mol. The summed E-state index contributed by atoms with van der Waals surface area (Å²) in [6, 6.07) is 6.99. The number of hydrogen-bond donors (Lipinski definition) is 5. The summed E-state index contributed by atoms with van der Waals surface area (Å²) in [6.45, 7) is 4.25. The standard InChI is InChI=1S/C45H75N3O12/c1-2-37-21-23-38(24-22-37)34-47-43(52)36-60-33-31-58-29-27-46-42(51)35-59-32-30-57-28-17-18-39(49)25-26-40(45(55)56)48-41(50)19-15-13-11-9-7-5-3-4-6-8-10-12-14-16-20-44(53)54/h21-24,40H,2-20,25-36H2,1H3,(H,46,51)(H,47,52)(H,48,50)(H,53,54)(H,55,56)/t40-/m0/s1. The van der Waals surface area contributed by atoms with Crippen LogP contribution >= 0.6 is 0 Å². The molecule has 1 aromatic carbocycles. The zero-order valence-electron chi connectivity index (χ0n) is 36.3. The molecule has 0 heterocycles. The van der Waals surface area contributed by atoms with Crippen molar-refractivity contribution in [2.45, 2.75) is 154 Å². The van der Waals surface area contributed by atoms with Gasteiger partial charge in [-0.2, -0.15) is 0 Å². The van der Waals surface area contributed by atoms with Gasteiger partial charge in [0, 0.05) is 45.4 Å². The number of ether oxygens (including phenoxy) is 4. The Hall–Kier alpha value is -3.92. The minimum atomic E-state index is -1.15. The van der Waals surface area contributed by atoms with E-state index in [-0.39, 0.29) is 102 Å². The highest BCUT2D eigenvalue weighted by Gasteiger charge is 2.20. The van der Waals surface area contributed by atoms with Crippen LogP contribution in [0.5, 0.6) is 0 Å². The molecule has 0 bridgehead atoms. The van der Waals surface area contributed by atoms with Gasteiger partial charge in [0.1, 0.15) is 25.0 Å². The largest absolute Gasteiger partial charge is 0.481 e. The highest BCUT2D eigenvalue weighted by Crippen LogP contribution is 2.14. The number of ketones is 1. The molecule has 342 valence electrons. The molecule has 0 saturated heterocycles. The second kappa shape index (κ2) is 38.0. The molecule has 0 unspecified atom stereocenters. The van der Waals surface area contributed by atoms with Crippen LogP contribution in [0.25, 0.3) is 0 Å². The zero-order valence-corrected chi connectivity index (χ0v) is 36.3. The number of carbonyl (C=O) groups excluding carboxylic acids is 4. The van der Waals surface area contributed by atoms with E-state index >= 15 is 0 Å². The van der Waals surface area contributed by atoms with Crippen LogP contribution in [0.15, 0.2) is 24.3 Å². The molecule has 0 aliphatic rings. The van der Waals surface area contributed by atoms with Crippen molar-refractivity contribution in [1.82, 2.24) is 16.0 Å². The Balaban J connectivity index is 1.91. The maximum absolute atomic E-state index is 12.3. The van der Waals surface area contributed by atoms with Crippen LogP contribution in [0.2, 0.25) is 0 Å². The number of nitrogens with one attached hydrogen (secondary N) is 3. The lowest BCUT2D eigenvalue weighted by Gasteiger charge is -2.14. The van der Waals surface area contributed by atoms with Crippen LogP contribution in [-0.4, -0.2) is 111 Å². The summed E-state index contributed by atoms with van der Waals surface area (Å²) in [7, 11) is 0. The SMILES string of the molecule is CCc1ccc(CNC(=O)COCCOCCNC(=O)COCCOCCCC(=O)CC[C@H](NC(=O)CCCCCCCCCCCCCCCCC(=O)O)C(=O)O)cc1. The van der Waals surface area contributed by atoms with Gasteiger partial charge in [-0.1, -0.05) is 108 Å². The Morgan fingerprint density at radius 2 is 1.00 bits per heavy atom. The molecular formula is C45H75N3O12. The number of carboxylic acids is 2. The van der Waals surface area contributed by atoms with E-state index in [0.717, 1.165) is 50.5 Å². The summed E-state index contributed by atoms with van der Waals surface area (Å²) < 4.78 is 21.5. The van der Waals surface area contributed by atoms with Gasteiger partial charge in [0.25, 0.3) is 0 Å². The Labute approximate surface area is 357 Å². The van der Waals surface area contributed by atoms with Gasteiger partial charge < -0.3 is 45.1 Å². The normalized spacial score (nSPS) is 11.6. The molecule has 0 radical (unpaired) electrons. The number of carbonyl (C=O) groups is 6. The third kappa shape index (κ3) is 33.9. The van der Waals surface area contributed by atoms with Gasteiger partial charge in [-0.05, 0) is 43.2 Å². The number of aryl methyl sites for hydroxylation is 1. The fraction of sp³-hybridized carbons (Fsp3) is 0.733. The third-order valence-corrected chi connectivity index (χ3v) is 9.83. The van der Waals surface area contributed by atoms with Crippen molar-refractivity contribution >= 4 is 35.4 Å². The molecule has 0 spiro atoms. The van der Waals surface area contributed by atoms with Crippen molar-refractivity contribution in [3.8, 4) is 0 Å². The summed E-state index contributed by atoms with van der Waals surface area (Å²) in [6.07, 6.45) is 17.5. The zero-order chi connectivity index (χ0) is 43.9. The van der Waals surface area contributed by atoms with Crippen molar-refractivity contribution in [3.63, 3.8) is 0 Å². The monoisotopic (exact) mass is 850 g/mol. The lowest BCUT2D eigenvalue weighted by atomic mass is 10.0. The van der Waals surface area contributed by atoms with Crippen molar-refractivity contribution < 1.29 is 57.9 Å². The average molecular weight is 850 g/mol. The lowest BCUT2D eigenvalue weighted by Crippen LogP contribution is -2.41. The molecule has 0 fully saturated rings. The van der Waals surface area contributed by atoms with E-state index in [9.17, 15) is 33.9 Å². The van der Waals surface area contributed by atoms with Gasteiger partial charge in [-0.25, -0.2) is 4.79 Å². The van der Waals surface area contributed by atoms with Crippen molar-refractivity contribution in [2.75, 3.05) is 59.4 Å². The van der Waals surface area contributed by atoms with Gasteiger partial charge in [-0.3, -0.25) is 24.0 Å². The number of hydrogen-bond acceptors (Lipinski definition) is 10. The minimum Gasteiger partial charge on any atom is -0.481 e. The fourth-order valence-corrected chi connectivity index (χ4v) is 6.24. The maximum Gasteiger partial charge on any atom is 0.326 e. The summed E-state index contributed by atoms with van der Waals surface area (Å²) in [4.78, 5) is 70.7. The molecule has 15 heteroatoms. The molecule has 0 saturated carbocycles. The smallest absolute Gasteiger partial charge is 0.326 e. The molecule has 3 amide bonds. The van der Waals surface area contributed by atoms with Gasteiger partial charge in [0.05, 0.1) is 33.0 Å². The molecule has 15 nitrogen and oxygen atoms in total. The average Bonchev–Trinajstić information content (AvgIpc) is 3.23. The van der Waals surface area contributed by atoms with E-state index in [0.29, 0.717) is 32.5 Å². The summed E-state index contributed by atoms with van der Waals surface area (Å²) in [5.41, 5.74) is 2.27. The Morgan fingerprint density at radius 1 is 0.517 bits per heavy atom. The highest BCUT2D eigenvalue weighted by atomic mass is 16.5. The van der Waals surface area contributed by atoms with Gasteiger partial charge in [-0.15, -0.1) is 0 Å². The number of Topliss-reactive ketones (excluding diaryl/α,β-unsaturated/α-hetero) is 1. The molecule has 0 aliphatic heterocycles. The predicted octanol–water partition coefficient (Wildman–Crippen LogP) is 6.07. The van der Waals surface area contributed by atoms with E-state index in [4.69, 9.17) is 24.1 Å². The molecule has 1 atom stereocenters. The van der Waals surface area contributed by atoms with E-state index in [2.05, 4.69) is 22.9 Å². The first-order valence-electron chi connectivity index (χ1n) is 22.3. The van der Waals surface area contributed by atoms with Gasteiger partial charge >= 0.3 is 11.9 Å². The first-order chi connectivity index (χ1) is 29.1. The van der Waals surface area contributed by atoms with Crippen LogP contribution in [-0.2, 0) is 60.7 Å². The minimum absolute atomic E-state index is 0.0415. The molecule has 0 aliphatic carbocycles. The lowest BCUT2D eigenvalue weighted by molar-refractivity contribution is -0.142. The first-order valence-corrected chi connectivity index (χ1v) is 22.3. The van der Waals surface area contributed by atoms with Crippen LogP contribution in [0, 0.1) is 0 Å². The maximum atomic E-state index is 12.3. The number of benzene rings is 1. The second-order valence-corrected chi connectivity index (χ2v) is 15.1. The Kier molecular flexibility index (Phi) is 34.3. The Bertz CT molecular complexity index is 1310. The number of carboxylic acid groups (broad SMARTS) is 2. The molecule has 5 N–H and O–H groups in total. The topological polar surface area (TPSA) is 216 Å². The van der Waals surface area contributed by atoms with Crippen LogP contribution in [0.1, 0.15) is 146 Å². The highest BCUT2D eigenvalue weighted by molar-refractivity contribution is 5.84. The third-order valence-electron chi connectivity index (χ3n) is 9.83. The van der Waals surface area contributed by atoms with Gasteiger partial charge in [0.15, 0.2) is 0 Å². The molecular weight excluding hydrogens is 775 g/mol. The van der Waals surface area contributed by atoms with Crippen LogP contribution in [0.3, 0.4) is 0 Å².